The monoisotopic (exact) mass is 456 g/mol. The van der Waals surface area contributed by atoms with Gasteiger partial charge in [0, 0.05) is 17.0 Å². The van der Waals surface area contributed by atoms with Gasteiger partial charge >= 0.3 is 0 Å². The van der Waals surface area contributed by atoms with E-state index in [0.717, 1.165) is 10.9 Å². The molecule has 4 nitrogen and oxygen atoms in total. The number of hydrogen-bond donors (Lipinski definition) is 1. The summed E-state index contributed by atoms with van der Waals surface area (Å²) in [4.78, 5) is 29.8. The van der Waals surface area contributed by atoms with Crippen LogP contribution in [-0.2, 0) is 4.79 Å². The minimum atomic E-state index is -0.632. The zero-order valence-corrected chi connectivity index (χ0v) is 18.7. The van der Waals surface area contributed by atoms with Gasteiger partial charge in [0.05, 0.1) is 22.7 Å². The van der Waals surface area contributed by atoms with Crippen molar-refractivity contribution in [3.63, 3.8) is 0 Å². The molecule has 1 aromatic heterocycles. The lowest BCUT2D eigenvalue weighted by Gasteiger charge is -2.42. The van der Waals surface area contributed by atoms with Crippen molar-refractivity contribution in [3.05, 3.63) is 86.8 Å². The van der Waals surface area contributed by atoms with Crippen LogP contribution in [0.15, 0.2) is 60.0 Å². The number of hydrogen-bond acceptors (Lipinski definition) is 3. The summed E-state index contributed by atoms with van der Waals surface area (Å²) < 4.78 is 13.5. The Morgan fingerprint density at radius 1 is 1.19 bits per heavy atom. The van der Waals surface area contributed by atoms with Crippen LogP contribution in [0, 0.1) is 11.7 Å². The first-order valence-electron chi connectivity index (χ1n) is 10.1. The molecule has 0 bridgehead atoms. The van der Waals surface area contributed by atoms with Crippen LogP contribution in [0.5, 0.6) is 0 Å². The van der Waals surface area contributed by atoms with Crippen molar-refractivity contribution in [2.24, 2.45) is 5.92 Å². The first-order chi connectivity index (χ1) is 14.9. The Kier molecular flexibility index (Phi) is 6.12. The van der Waals surface area contributed by atoms with Crippen molar-refractivity contribution in [1.82, 2.24) is 4.90 Å². The second kappa shape index (κ2) is 8.81. The topological polar surface area (TPSA) is 49.4 Å². The number of amides is 2. The number of nitrogens with one attached hydrogen (secondary N) is 1. The van der Waals surface area contributed by atoms with E-state index in [-0.39, 0.29) is 22.8 Å². The second-order valence-electron chi connectivity index (χ2n) is 7.99. The normalized spacial score (nSPS) is 18.2. The van der Waals surface area contributed by atoms with Crippen molar-refractivity contribution in [2.45, 2.75) is 25.8 Å². The SMILES string of the molecule is CC(C)CN1C(=O)c2ccccc2[C@@H](C(=O)Nc2ccc(F)cc2Cl)[C@H]1c1cccs1. The van der Waals surface area contributed by atoms with Gasteiger partial charge in [0.2, 0.25) is 5.91 Å². The first-order valence-corrected chi connectivity index (χ1v) is 11.3. The van der Waals surface area contributed by atoms with Crippen LogP contribution in [0.1, 0.15) is 46.6 Å². The van der Waals surface area contributed by atoms with E-state index in [9.17, 15) is 14.0 Å². The Bertz CT molecular complexity index is 1120. The molecular weight excluding hydrogens is 435 g/mol. The van der Waals surface area contributed by atoms with Gasteiger partial charge in [0.1, 0.15) is 5.82 Å². The molecule has 0 aliphatic carbocycles. The molecule has 2 atom stereocenters. The summed E-state index contributed by atoms with van der Waals surface area (Å²) in [6.45, 7) is 4.62. The smallest absolute Gasteiger partial charge is 0.254 e. The zero-order valence-electron chi connectivity index (χ0n) is 17.1. The second-order valence-corrected chi connectivity index (χ2v) is 9.38. The van der Waals surface area contributed by atoms with Gasteiger partial charge in [-0.2, -0.15) is 0 Å². The summed E-state index contributed by atoms with van der Waals surface area (Å²) in [7, 11) is 0. The fourth-order valence-corrected chi connectivity index (χ4v) is 5.14. The number of thiophene rings is 1. The van der Waals surface area contributed by atoms with Crippen LogP contribution in [-0.4, -0.2) is 23.3 Å². The number of halogens is 2. The Morgan fingerprint density at radius 3 is 2.65 bits per heavy atom. The van der Waals surface area contributed by atoms with E-state index in [1.165, 1.54) is 23.5 Å². The van der Waals surface area contributed by atoms with E-state index in [1.54, 1.807) is 11.0 Å². The average Bonchev–Trinajstić information content (AvgIpc) is 3.26. The summed E-state index contributed by atoms with van der Waals surface area (Å²) in [6.07, 6.45) is 0. The van der Waals surface area contributed by atoms with Gasteiger partial charge in [0.25, 0.3) is 5.91 Å². The molecule has 1 N–H and O–H groups in total. The number of benzene rings is 2. The third-order valence-corrected chi connectivity index (χ3v) is 6.56. The van der Waals surface area contributed by atoms with Gasteiger partial charge in [-0.3, -0.25) is 9.59 Å². The van der Waals surface area contributed by atoms with E-state index < -0.39 is 17.8 Å². The molecule has 160 valence electrons. The van der Waals surface area contributed by atoms with Crippen LogP contribution in [0.25, 0.3) is 0 Å². The van der Waals surface area contributed by atoms with Crippen LogP contribution in [0.2, 0.25) is 5.02 Å². The molecule has 0 fully saturated rings. The maximum absolute atomic E-state index is 13.6. The molecule has 31 heavy (non-hydrogen) atoms. The third kappa shape index (κ3) is 4.23. The summed E-state index contributed by atoms with van der Waals surface area (Å²) >= 11 is 7.67. The van der Waals surface area contributed by atoms with Crippen LogP contribution < -0.4 is 5.32 Å². The molecule has 7 heteroatoms. The molecule has 1 aliphatic rings. The van der Waals surface area contributed by atoms with Crippen LogP contribution >= 0.6 is 22.9 Å². The first kappa shape index (κ1) is 21.5. The van der Waals surface area contributed by atoms with Gasteiger partial charge in [-0.25, -0.2) is 4.39 Å². The van der Waals surface area contributed by atoms with Crippen molar-refractivity contribution < 1.29 is 14.0 Å². The standard InChI is InChI=1S/C24H22ClFN2O2S/c1-14(2)13-28-22(20-8-5-11-31-20)21(16-6-3-4-7-17(16)24(28)30)23(29)27-19-10-9-15(26)12-18(19)25/h3-12,14,21-22H,13H2,1-2H3,(H,27,29)/t21-,22-/m1/s1. The minimum Gasteiger partial charge on any atom is -0.329 e. The highest BCUT2D eigenvalue weighted by Gasteiger charge is 2.44. The highest BCUT2D eigenvalue weighted by molar-refractivity contribution is 7.10. The lowest BCUT2D eigenvalue weighted by Crippen LogP contribution is -2.47. The largest absolute Gasteiger partial charge is 0.329 e. The van der Waals surface area contributed by atoms with E-state index in [0.29, 0.717) is 23.4 Å². The van der Waals surface area contributed by atoms with Crippen LogP contribution in [0.3, 0.4) is 0 Å². The molecule has 1 aliphatic heterocycles. The summed E-state index contributed by atoms with van der Waals surface area (Å²) in [5.41, 5.74) is 1.55. The lowest BCUT2D eigenvalue weighted by atomic mass is 9.81. The van der Waals surface area contributed by atoms with Crippen molar-refractivity contribution in [3.8, 4) is 0 Å². The van der Waals surface area contributed by atoms with Crippen LogP contribution in [0.4, 0.5) is 10.1 Å². The number of fused-ring (bicyclic) bond motifs is 1. The average molecular weight is 457 g/mol. The Labute approximate surface area is 189 Å². The maximum atomic E-state index is 13.6. The molecule has 3 aromatic rings. The number of rotatable bonds is 5. The Balaban J connectivity index is 1.82. The van der Waals surface area contributed by atoms with E-state index in [4.69, 9.17) is 11.6 Å². The molecular formula is C24H22ClFN2O2S. The molecule has 0 saturated heterocycles. The molecule has 0 radical (unpaired) electrons. The number of carbonyl (C=O) groups excluding carboxylic acids is 2. The van der Waals surface area contributed by atoms with Crippen molar-refractivity contribution in [2.75, 3.05) is 11.9 Å². The van der Waals surface area contributed by atoms with Gasteiger partial charge in [0.15, 0.2) is 0 Å². The minimum absolute atomic E-state index is 0.0773. The Hall–Kier alpha value is -2.70. The van der Waals surface area contributed by atoms with E-state index >= 15 is 0 Å². The lowest BCUT2D eigenvalue weighted by molar-refractivity contribution is -0.119. The highest BCUT2D eigenvalue weighted by atomic mass is 35.5. The predicted molar refractivity (Wildman–Crippen MR) is 122 cm³/mol. The Morgan fingerprint density at radius 2 is 1.97 bits per heavy atom. The van der Waals surface area contributed by atoms with Crippen molar-refractivity contribution >= 4 is 40.4 Å². The quantitative estimate of drug-likeness (QED) is 0.503. The molecule has 2 amide bonds. The number of anilines is 1. The molecule has 0 saturated carbocycles. The van der Waals surface area contributed by atoms with Gasteiger partial charge in [-0.1, -0.05) is 49.7 Å². The van der Waals surface area contributed by atoms with E-state index in [1.807, 2.05) is 49.6 Å². The zero-order chi connectivity index (χ0) is 22.1. The molecule has 0 spiro atoms. The van der Waals surface area contributed by atoms with Gasteiger partial charge in [-0.15, -0.1) is 11.3 Å². The fourth-order valence-electron chi connectivity index (χ4n) is 4.05. The maximum Gasteiger partial charge on any atom is 0.254 e. The fraction of sp³-hybridized carbons (Fsp3) is 0.250. The van der Waals surface area contributed by atoms with Gasteiger partial charge < -0.3 is 10.2 Å². The summed E-state index contributed by atoms with van der Waals surface area (Å²) in [6, 6.07) is 14.5. The number of carbonyl (C=O) groups is 2. The predicted octanol–water partition coefficient (Wildman–Crippen LogP) is 6.12. The van der Waals surface area contributed by atoms with Gasteiger partial charge in [-0.05, 0) is 47.2 Å². The molecule has 4 rings (SSSR count). The summed E-state index contributed by atoms with van der Waals surface area (Å²) in [5, 5.41) is 4.93. The number of nitrogens with zero attached hydrogens (tertiary/aromatic N) is 1. The van der Waals surface area contributed by atoms with Crippen molar-refractivity contribution in [1.29, 1.82) is 0 Å². The molecule has 2 heterocycles. The third-order valence-electron chi connectivity index (χ3n) is 5.31. The molecule has 2 aromatic carbocycles. The highest BCUT2D eigenvalue weighted by Crippen LogP contribution is 2.45. The molecule has 0 unspecified atom stereocenters. The summed E-state index contributed by atoms with van der Waals surface area (Å²) in [5.74, 6) is -1.25. The van der Waals surface area contributed by atoms with E-state index in [2.05, 4.69) is 5.32 Å².